The summed E-state index contributed by atoms with van der Waals surface area (Å²) in [6, 6.07) is 10.4. The summed E-state index contributed by atoms with van der Waals surface area (Å²) < 4.78 is 0. The van der Waals surface area contributed by atoms with Gasteiger partial charge in [-0.15, -0.1) is 6.58 Å². The van der Waals surface area contributed by atoms with Gasteiger partial charge in [-0.05, 0) is 36.2 Å². The second-order valence-electron chi connectivity index (χ2n) is 7.74. The van der Waals surface area contributed by atoms with Crippen molar-refractivity contribution < 1.29 is 9.59 Å². The molecule has 0 N–H and O–H groups in total. The number of likely N-dealkylation sites (tertiary alicyclic amines) is 2. The summed E-state index contributed by atoms with van der Waals surface area (Å²) >= 11 is 0. The minimum atomic E-state index is 0.168. The van der Waals surface area contributed by atoms with Crippen LogP contribution in [-0.2, 0) is 9.59 Å². The van der Waals surface area contributed by atoms with E-state index in [0.29, 0.717) is 30.1 Å². The molecule has 1 saturated carbocycles. The number of rotatable bonds is 4. The molecule has 0 aromatic heterocycles. The van der Waals surface area contributed by atoms with Gasteiger partial charge in [-0.2, -0.15) is 0 Å². The number of benzene rings is 1. The van der Waals surface area contributed by atoms with Crippen molar-refractivity contribution in [1.29, 1.82) is 0 Å². The Balaban J connectivity index is 1.34. The average molecular weight is 338 g/mol. The first-order valence-corrected chi connectivity index (χ1v) is 9.39. The zero-order chi connectivity index (χ0) is 17.4. The smallest absolute Gasteiger partial charge is 0.226 e. The number of hydrogen-bond donors (Lipinski definition) is 0. The number of amides is 2. The van der Waals surface area contributed by atoms with Gasteiger partial charge in [0, 0.05) is 38.5 Å². The van der Waals surface area contributed by atoms with Crippen molar-refractivity contribution in [2.75, 3.05) is 26.2 Å². The zero-order valence-corrected chi connectivity index (χ0v) is 14.6. The minimum absolute atomic E-state index is 0.168. The Kier molecular flexibility index (Phi) is 4.36. The second kappa shape index (κ2) is 6.66. The lowest BCUT2D eigenvalue weighted by atomic mass is 9.88. The van der Waals surface area contributed by atoms with Crippen LogP contribution in [0.4, 0.5) is 0 Å². The van der Waals surface area contributed by atoms with Crippen molar-refractivity contribution in [3.05, 3.63) is 48.6 Å². The highest BCUT2D eigenvalue weighted by molar-refractivity contribution is 5.83. The topological polar surface area (TPSA) is 40.6 Å². The van der Waals surface area contributed by atoms with Gasteiger partial charge in [0.1, 0.15) is 0 Å². The van der Waals surface area contributed by atoms with Crippen LogP contribution in [0.15, 0.2) is 43.0 Å². The summed E-state index contributed by atoms with van der Waals surface area (Å²) in [7, 11) is 0. The number of piperidine rings is 1. The minimum Gasteiger partial charge on any atom is -0.342 e. The lowest BCUT2D eigenvalue weighted by Crippen LogP contribution is -2.43. The summed E-state index contributed by atoms with van der Waals surface area (Å²) in [5.41, 5.74) is 1.29. The Morgan fingerprint density at radius 3 is 2.56 bits per heavy atom. The van der Waals surface area contributed by atoms with E-state index in [0.717, 1.165) is 39.0 Å². The lowest BCUT2D eigenvalue weighted by molar-refractivity contribution is -0.132. The quantitative estimate of drug-likeness (QED) is 0.792. The van der Waals surface area contributed by atoms with E-state index in [1.807, 2.05) is 11.0 Å². The molecule has 4 heteroatoms. The van der Waals surface area contributed by atoms with Gasteiger partial charge in [0.25, 0.3) is 0 Å². The highest BCUT2D eigenvalue weighted by Crippen LogP contribution is 2.49. The molecule has 1 aliphatic carbocycles. The van der Waals surface area contributed by atoms with Gasteiger partial charge in [-0.3, -0.25) is 9.59 Å². The standard InChI is InChI=1S/C21H26N2O2/c1-2-6-20(24)22-10-9-16-12-23(14-17(16)13-22)21(25)19-11-18(19)15-7-4-3-5-8-15/h2-5,7-8,16-19H,1,6,9-14H2. The highest BCUT2D eigenvalue weighted by atomic mass is 16.2. The predicted octanol–water partition coefficient (Wildman–Crippen LogP) is 2.67. The molecule has 4 atom stereocenters. The number of fused-ring (bicyclic) bond motifs is 1. The first-order chi connectivity index (χ1) is 12.2. The maximum absolute atomic E-state index is 12.9. The SMILES string of the molecule is C=CCC(=O)N1CCC2CN(C(=O)C3CC3c3ccccc3)CC2C1. The fourth-order valence-corrected chi connectivity index (χ4v) is 4.60. The van der Waals surface area contributed by atoms with Crippen molar-refractivity contribution >= 4 is 11.8 Å². The number of carbonyl (C=O) groups excluding carboxylic acids is 2. The predicted molar refractivity (Wildman–Crippen MR) is 96.9 cm³/mol. The van der Waals surface area contributed by atoms with Crippen LogP contribution >= 0.6 is 0 Å². The first kappa shape index (κ1) is 16.4. The normalized spacial score (nSPS) is 30.7. The Morgan fingerprint density at radius 1 is 1.08 bits per heavy atom. The summed E-state index contributed by atoms with van der Waals surface area (Å²) in [6.45, 7) is 6.98. The molecule has 4 unspecified atom stereocenters. The number of carbonyl (C=O) groups is 2. The molecule has 2 heterocycles. The van der Waals surface area contributed by atoms with Crippen LogP contribution in [0.1, 0.15) is 30.7 Å². The van der Waals surface area contributed by atoms with Crippen molar-refractivity contribution in [1.82, 2.24) is 9.80 Å². The van der Waals surface area contributed by atoms with Gasteiger partial charge < -0.3 is 9.80 Å². The molecule has 0 radical (unpaired) electrons. The highest BCUT2D eigenvalue weighted by Gasteiger charge is 2.48. The van der Waals surface area contributed by atoms with Crippen molar-refractivity contribution in [2.45, 2.75) is 25.2 Å². The third-order valence-electron chi connectivity index (χ3n) is 6.12. The van der Waals surface area contributed by atoms with Crippen LogP contribution < -0.4 is 0 Å². The fraction of sp³-hybridized carbons (Fsp3) is 0.524. The lowest BCUT2D eigenvalue weighted by Gasteiger charge is -2.34. The van der Waals surface area contributed by atoms with Gasteiger partial charge in [-0.1, -0.05) is 36.4 Å². The third-order valence-corrected chi connectivity index (χ3v) is 6.12. The van der Waals surface area contributed by atoms with E-state index in [1.165, 1.54) is 5.56 Å². The van der Waals surface area contributed by atoms with Gasteiger partial charge in [-0.25, -0.2) is 0 Å². The zero-order valence-electron chi connectivity index (χ0n) is 14.6. The van der Waals surface area contributed by atoms with E-state index in [1.54, 1.807) is 6.08 Å². The largest absolute Gasteiger partial charge is 0.342 e. The molecule has 1 aromatic rings. The molecule has 2 amide bonds. The Labute approximate surface area is 149 Å². The molecule has 2 aliphatic heterocycles. The second-order valence-corrected chi connectivity index (χ2v) is 7.74. The molecule has 1 aromatic carbocycles. The molecule has 132 valence electrons. The number of nitrogens with zero attached hydrogens (tertiary/aromatic N) is 2. The average Bonchev–Trinajstić information content (AvgIpc) is 3.33. The van der Waals surface area contributed by atoms with E-state index in [4.69, 9.17) is 0 Å². The Hall–Kier alpha value is -2.10. The summed E-state index contributed by atoms with van der Waals surface area (Å²) in [4.78, 5) is 29.0. The molecule has 2 saturated heterocycles. The van der Waals surface area contributed by atoms with E-state index >= 15 is 0 Å². The van der Waals surface area contributed by atoms with Crippen LogP contribution in [0.2, 0.25) is 0 Å². The molecule has 0 spiro atoms. The van der Waals surface area contributed by atoms with E-state index in [9.17, 15) is 9.59 Å². The van der Waals surface area contributed by atoms with Crippen molar-refractivity contribution in [3.63, 3.8) is 0 Å². The van der Waals surface area contributed by atoms with Crippen LogP contribution in [0, 0.1) is 17.8 Å². The molecule has 3 aliphatic rings. The van der Waals surface area contributed by atoms with Crippen molar-refractivity contribution in [2.24, 2.45) is 17.8 Å². The molecule has 4 rings (SSSR count). The Morgan fingerprint density at radius 2 is 1.80 bits per heavy atom. The third kappa shape index (κ3) is 3.22. The van der Waals surface area contributed by atoms with Crippen molar-refractivity contribution in [3.8, 4) is 0 Å². The van der Waals surface area contributed by atoms with Gasteiger partial charge in [0.15, 0.2) is 0 Å². The summed E-state index contributed by atoms with van der Waals surface area (Å²) in [5, 5.41) is 0. The van der Waals surface area contributed by atoms with Crippen LogP contribution in [0.3, 0.4) is 0 Å². The molecule has 25 heavy (non-hydrogen) atoms. The van der Waals surface area contributed by atoms with E-state index < -0.39 is 0 Å². The Bertz CT molecular complexity index is 672. The molecular formula is C21H26N2O2. The van der Waals surface area contributed by atoms with Crippen LogP contribution in [-0.4, -0.2) is 47.8 Å². The van der Waals surface area contributed by atoms with Gasteiger partial charge >= 0.3 is 0 Å². The fourth-order valence-electron chi connectivity index (χ4n) is 4.60. The maximum atomic E-state index is 12.9. The monoisotopic (exact) mass is 338 g/mol. The summed E-state index contributed by atoms with van der Waals surface area (Å²) in [5.74, 6) is 2.07. The van der Waals surface area contributed by atoms with E-state index in [2.05, 4.69) is 35.7 Å². The van der Waals surface area contributed by atoms with Crippen LogP contribution in [0.25, 0.3) is 0 Å². The van der Waals surface area contributed by atoms with Gasteiger partial charge in [0.05, 0.1) is 0 Å². The summed E-state index contributed by atoms with van der Waals surface area (Å²) in [6.07, 6.45) is 4.10. The van der Waals surface area contributed by atoms with Gasteiger partial charge in [0.2, 0.25) is 11.8 Å². The molecule has 4 nitrogen and oxygen atoms in total. The molecular weight excluding hydrogens is 312 g/mol. The van der Waals surface area contributed by atoms with Crippen LogP contribution in [0.5, 0.6) is 0 Å². The molecule has 0 bridgehead atoms. The first-order valence-electron chi connectivity index (χ1n) is 9.39. The van der Waals surface area contributed by atoms with E-state index in [-0.39, 0.29) is 11.8 Å². The molecule has 3 fully saturated rings. The maximum Gasteiger partial charge on any atom is 0.226 e. The number of hydrogen-bond acceptors (Lipinski definition) is 2.